The molecule has 0 bridgehead atoms. The van der Waals surface area contributed by atoms with Gasteiger partial charge in [-0.05, 0) is 30.0 Å². The van der Waals surface area contributed by atoms with Gasteiger partial charge >= 0.3 is 0 Å². The van der Waals surface area contributed by atoms with E-state index >= 15 is 0 Å². The highest BCUT2D eigenvalue weighted by molar-refractivity contribution is 5.85. The topological polar surface area (TPSA) is 15.3 Å². The van der Waals surface area contributed by atoms with Crippen LogP contribution in [0.1, 0.15) is 31.9 Å². The van der Waals surface area contributed by atoms with E-state index in [0.29, 0.717) is 12.0 Å². The highest BCUT2D eigenvalue weighted by Crippen LogP contribution is 2.28. The van der Waals surface area contributed by atoms with Crippen LogP contribution in [0, 0.1) is 11.7 Å². The third-order valence-corrected chi connectivity index (χ3v) is 3.52. The first kappa shape index (κ1) is 16.4. The van der Waals surface area contributed by atoms with Crippen molar-refractivity contribution in [1.82, 2.24) is 10.2 Å². The summed E-state index contributed by atoms with van der Waals surface area (Å²) in [5.41, 5.74) is 1.12. The van der Waals surface area contributed by atoms with Crippen LogP contribution in [0.5, 0.6) is 0 Å². The molecule has 0 saturated carbocycles. The van der Waals surface area contributed by atoms with Gasteiger partial charge in [-0.1, -0.05) is 26.0 Å². The van der Waals surface area contributed by atoms with Crippen LogP contribution in [-0.4, -0.2) is 31.1 Å². The van der Waals surface area contributed by atoms with Gasteiger partial charge in [0.05, 0.1) is 0 Å². The molecule has 1 heterocycles. The number of benzene rings is 1. The lowest BCUT2D eigenvalue weighted by atomic mass is 9.95. The van der Waals surface area contributed by atoms with Gasteiger partial charge < -0.3 is 5.32 Å². The Kier molecular flexibility index (Phi) is 6.76. The van der Waals surface area contributed by atoms with E-state index in [1.54, 1.807) is 6.07 Å². The average Bonchev–Trinajstić information content (AvgIpc) is 2.37. The first-order valence-electron chi connectivity index (χ1n) is 6.87. The van der Waals surface area contributed by atoms with Crippen molar-refractivity contribution in [2.24, 2.45) is 5.92 Å². The first-order chi connectivity index (χ1) is 8.66. The molecule has 19 heavy (non-hydrogen) atoms. The quantitative estimate of drug-likeness (QED) is 0.914. The SMILES string of the molecule is CC(C)C[C@H](c1cccc(F)c1)N1CCNCC1.Cl. The Bertz CT molecular complexity index is 378. The van der Waals surface area contributed by atoms with Crippen molar-refractivity contribution in [3.63, 3.8) is 0 Å². The lowest BCUT2D eigenvalue weighted by Crippen LogP contribution is -2.45. The molecule has 4 heteroatoms. The molecule has 1 N–H and O–H groups in total. The van der Waals surface area contributed by atoms with E-state index in [4.69, 9.17) is 0 Å². The summed E-state index contributed by atoms with van der Waals surface area (Å²) in [6.07, 6.45) is 1.09. The van der Waals surface area contributed by atoms with Crippen LogP contribution >= 0.6 is 12.4 Å². The molecular formula is C15H24ClFN2. The van der Waals surface area contributed by atoms with Gasteiger partial charge in [0.25, 0.3) is 0 Å². The van der Waals surface area contributed by atoms with Crippen molar-refractivity contribution < 1.29 is 4.39 Å². The van der Waals surface area contributed by atoms with Crippen LogP contribution in [-0.2, 0) is 0 Å². The molecule has 2 rings (SSSR count). The molecule has 1 aromatic rings. The van der Waals surface area contributed by atoms with Crippen LogP contribution in [0.3, 0.4) is 0 Å². The van der Waals surface area contributed by atoms with Crippen LogP contribution < -0.4 is 5.32 Å². The minimum absolute atomic E-state index is 0. The van der Waals surface area contributed by atoms with Crippen LogP contribution in [0.15, 0.2) is 24.3 Å². The van der Waals surface area contributed by atoms with E-state index in [2.05, 4.69) is 30.1 Å². The van der Waals surface area contributed by atoms with Gasteiger partial charge in [-0.15, -0.1) is 12.4 Å². The minimum Gasteiger partial charge on any atom is -0.314 e. The van der Waals surface area contributed by atoms with Crippen molar-refractivity contribution in [3.8, 4) is 0 Å². The van der Waals surface area contributed by atoms with E-state index in [0.717, 1.165) is 38.2 Å². The maximum atomic E-state index is 13.4. The monoisotopic (exact) mass is 286 g/mol. The third kappa shape index (κ3) is 4.75. The minimum atomic E-state index is -0.128. The summed E-state index contributed by atoms with van der Waals surface area (Å²) in [6, 6.07) is 7.43. The van der Waals surface area contributed by atoms with Crippen LogP contribution in [0.2, 0.25) is 0 Å². The molecule has 1 saturated heterocycles. The number of nitrogens with one attached hydrogen (secondary N) is 1. The van der Waals surface area contributed by atoms with Gasteiger partial charge in [0, 0.05) is 32.2 Å². The fourth-order valence-electron chi connectivity index (χ4n) is 2.65. The summed E-state index contributed by atoms with van der Waals surface area (Å²) in [5, 5.41) is 3.37. The third-order valence-electron chi connectivity index (χ3n) is 3.52. The Balaban J connectivity index is 0.00000180. The Morgan fingerprint density at radius 2 is 1.95 bits per heavy atom. The summed E-state index contributed by atoms with van der Waals surface area (Å²) in [4.78, 5) is 2.48. The van der Waals surface area contributed by atoms with Crippen molar-refractivity contribution in [2.75, 3.05) is 26.2 Å². The number of rotatable bonds is 4. The second-order valence-electron chi connectivity index (χ2n) is 5.49. The molecule has 0 aromatic heterocycles. The second kappa shape index (κ2) is 7.83. The summed E-state index contributed by atoms with van der Waals surface area (Å²) < 4.78 is 13.4. The number of hydrogen-bond acceptors (Lipinski definition) is 2. The van der Waals surface area contributed by atoms with E-state index in [1.165, 1.54) is 6.07 Å². The highest BCUT2D eigenvalue weighted by atomic mass is 35.5. The zero-order valence-electron chi connectivity index (χ0n) is 11.7. The molecule has 2 nitrogen and oxygen atoms in total. The zero-order valence-corrected chi connectivity index (χ0v) is 12.5. The predicted octanol–water partition coefficient (Wildman–Crippen LogP) is 3.24. The molecule has 0 amide bonds. The number of nitrogens with zero attached hydrogens (tertiary/aromatic N) is 1. The smallest absolute Gasteiger partial charge is 0.123 e. The lowest BCUT2D eigenvalue weighted by Gasteiger charge is -2.36. The first-order valence-corrected chi connectivity index (χ1v) is 6.87. The Hall–Kier alpha value is -0.640. The second-order valence-corrected chi connectivity index (χ2v) is 5.49. The molecule has 0 radical (unpaired) electrons. The number of halogens is 2. The van der Waals surface area contributed by atoms with Gasteiger partial charge in [-0.2, -0.15) is 0 Å². The Morgan fingerprint density at radius 3 is 2.53 bits per heavy atom. The molecule has 1 aromatic carbocycles. The normalized spacial score (nSPS) is 18.1. The summed E-state index contributed by atoms with van der Waals surface area (Å²) in [5.74, 6) is 0.490. The van der Waals surface area contributed by atoms with E-state index in [9.17, 15) is 4.39 Å². The van der Waals surface area contributed by atoms with Crippen LogP contribution in [0.4, 0.5) is 4.39 Å². The highest BCUT2D eigenvalue weighted by Gasteiger charge is 2.23. The summed E-state index contributed by atoms with van der Waals surface area (Å²) in [6.45, 7) is 8.62. The molecular weight excluding hydrogens is 263 g/mol. The van der Waals surface area contributed by atoms with E-state index in [1.807, 2.05) is 6.07 Å². The van der Waals surface area contributed by atoms with Crippen molar-refractivity contribution in [3.05, 3.63) is 35.6 Å². The Morgan fingerprint density at radius 1 is 1.26 bits per heavy atom. The largest absolute Gasteiger partial charge is 0.314 e. The maximum absolute atomic E-state index is 13.4. The summed E-state index contributed by atoms with van der Waals surface area (Å²) >= 11 is 0. The maximum Gasteiger partial charge on any atom is 0.123 e. The fraction of sp³-hybridized carbons (Fsp3) is 0.600. The molecule has 1 aliphatic heterocycles. The fourth-order valence-corrected chi connectivity index (χ4v) is 2.65. The molecule has 0 spiro atoms. The van der Waals surface area contributed by atoms with Crippen molar-refractivity contribution in [1.29, 1.82) is 0 Å². The molecule has 0 unspecified atom stereocenters. The average molecular weight is 287 g/mol. The van der Waals surface area contributed by atoms with Crippen molar-refractivity contribution >= 4 is 12.4 Å². The molecule has 1 fully saturated rings. The number of piperazine rings is 1. The van der Waals surface area contributed by atoms with E-state index < -0.39 is 0 Å². The predicted molar refractivity (Wildman–Crippen MR) is 80.3 cm³/mol. The Labute approximate surface area is 121 Å². The van der Waals surface area contributed by atoms with Crippen molar-refractivity contribution in [2.45, 2.75) is 26.3 Å². The van der Waals surface area contributed by atoms with Gasteiger partial charge in [0.15, 0.2) is 0 Å². The van der Waals surface area contributed by atoms with Crippen LogP contribution in [0.25, 0.3) is 0 Å². The molecule has 1 aliphatic rings. The molecule has 1 atom stereocenters. The van der Waals surface area contributed by atoms with Gasteiger partial charge in [-0.25, -0.2) is 4.39 Å². The van der Waals surface area contributed by atoms with Gasteiger partial charge in [0.1, 0.15) is 5.82 Å². The zero-order chi connectivity index (χ0) is 13.0. The summed E-state index contributed by atoms with van der Waals surface area (Å²) in [7, 11) is 0. The van der Waals surface area contributed by atoms with Gasteiger partial charge in [0.2, 0.25) is 0 Å². The lowest BCUT2D eigenvalue weighted by molar-refractivity contribution is 0.154. The molecule has 0 aliphatic carbocycles. The standard InChI is InChI=1S/C15H23FN2.ClH/c1-12(2)10-15(18-8-6-17-7-9-18)13-4-3-5-14(16)11-13;/h3-5,11-12,15,17H,6-10H2,1-2H3;1H/t15-;/m1./s1. The van der Waals surface area contributed by atoms with E-state index in [-0.39, 0.29) is 18.2 Å². The number of hydrogen-bond donors (Lipinski definition) is 1. The van der Waals surface area contributed by atoms with Gasteiger partial charge in [-0.3, -0.25) is 4.90 Å². The molecule has 108 valence electrons.